The molecule has 9 heteroatoms. The number of nitrogens with zero attached hydrogens (tertiary/aromatic N) is 1. The van der Waals surface area contributed by atoms with Crippen molar-refractivity contribution in [1.82, 2.24) is 4.31 Å². The highest BCUT2D eigenvalue weighted by atomic mass is 35.5. The fourth-order valence-electron chi connectivity index (χ4n) is 3.75. The predicted octanol–water partition coefficient (Wildman–Crippen LogP) is 4.81. The standard InChI is InChI=1S/C23H21ClN2O4S2/c24-17-11-12-19(18(15-17)22(27)16-7-2-1-3-8-16)25-23(28)20-9-4-5-13-26(20)32(29,30)21-10-6-14-31-21/h1-3,6-8,10-12,14-15,20H,4-5,9,13H2,(H,25,28). The summed E-state index contributed by atoms with van der Waals surface area (Å²) in [7, 11) is -3.78. The Morgan fingerprint density at radius 1 is 1.03 bits per heavy atom. The molecular formula is C23H21ClN2O4S2. The molecule has 1 unspecified atom stereocenters. The number of rotatable bonds is 6. The van der Waals surface area contributed by atoms with Crippen molar-refractivity contribution in [2.45, 2.75) is 29.5 Å². The normalized spacial score (nSPS) is 17.1. The van der Waals surface area contributed by atoms with Gasteiger partial charge in [-0.3, -0.25) is 9.59 Å². The van der Waals surface area contributed by atoms with Crippen molar-refractivity contribution in [3.63, 3.8) is 0 Å². The molecule has 1 aliphatic rings. The number of thiophene rings is 1. The Labute approximate surface area is 195 Å². The molecule has 32 heavy (non-hydrogen) atoms. The minimum absolute atomic E-state index is 0.212. The van der Waals surface area contributed by atoms with Crippen LogP contribution in [0.1, 0.15) is 35.2 Å². The van der Waals surface area contributed by atoms with Crippen LogP contribution in [-0.4, -0.2) is 37.0 Å². The molecule has 1 amide bonds. The van der Waals surface area contributed by atoms with Gasteiger partial charge in [-0.25, -0.2) is 8.42 Å². The summed E-state index contributed by atoms with van der Waals surface area (Å²) in [6.45, 7) is 0.273. The van der Waals surface area contributed by atoms with E-state index in [1.54, 1.807) is 53.9 Å². The number of halogens is 1. The number of sulfonamides is 1. The Balaban J connectivity index is 1.63. The largest absolute Gasteiger partial charge is 0.324 e. The van der Waals surface area contributed by atoms with Gasteiger partial charge in [0.25, 0.3) is 10.0 Å². The Bertz CT molecular complexity index is 1230. The van der Waals surface area contributed by atoms with Gasteiger partial charge in [0.15, 0.2) is 5.78 Å². The molecule has 4 rings (SSSR count). The lowest BCUT2D eigenvalue weighted by atomic mass is 10.0. The quantitative estimate of drug-likeness (QED) is 0.504. The monoisotopic (exact) mass is 488 g/mol. The average Bonchev–Trinajstić information content (AvgIpc) is 3.36. The van der Waals surface area contributed by atoms with Crippen LogP contribution in [0.2, 0.25) is 5.02 Å². The van der Waals surface area contributed by atoms with Gasteiger partial charge in [0, 0.05) is 22.7 Å². The number of carbonyl (C=O) groups excluding carboxylic acids is 2. The molecule has 3 aromatic rings. The lowest BCUT2D eigenvalue weighted by Gasteiger charge is -2.33. The van der Waals surface area contributed by atoms with Crippen molar-refractivity contribution >= 4 is 50.3 Å². The van der Waals surface area contributed by atoms with Crippen LogP contribution in [0.15, 0.2) is 70.3 Å². The van der Waals surface area contributed by atoms with Crippen LogP contribution in [0, 0.1) is 0 Å². The van der Waals surface area contributed by atoms with E-state index >= 15 is 0 Å². The second-order valence-corrected chi connectivity index (χ2v) is 10.9. The van der Waals surface area contributed by atoms with E-state index in [0.29, 0.717) is 29.1 Å². The number of amides is 1. The first-order valence-electron chi connectivity index (χ1n) is 10.1. The zero-order valence-corrected chi connectivity index (χ0v) is 19.4. The van der Waals surface area contributed by atoms with Crippen LogP contribution in [0.5, 0.6) is 0 Å². The topological polar surface area (TPSA) is 83.6 Å². The first-order chi connectivity index (χ1) is 15.4. The van der Waals surface area contributed by atoms with Crippen molar-refractivity contribution in [2.75, 3.05) is 11.9 Å². The van der Waals surface area contributed by atoms with Gasteiger partial charge in [-0.15, -0.1) is 11.3 Å². The fraction of sp³-hybridized carbons (Fsp3) is 0.217. The van der Waals surface area contributed by atoms with Crippen LogP contribution in [0.4, 0.5) is 5.69 Å². The lowest BCUT2D eigenvalue weighted by Crippen LogP contribution is -2.49. The number of carbonyl (C=O) groups is 2. The van der Waals surface area contributed by atoms with Gasteiger partial charge in [-0.2, -0.15) is 4.31 Å². The maximum absolute atomic E-state index is 13.2. The molecule has 0 radical (unpaired) electrons. The molecule has 1 saturated heterocycles. The smallest absolute Gasteiger partial charge is 0.253 e. The first kappa shape index (κ1) is 22.7. The first-order valence-corrected chi connectivity index (χ1v) is 12.8. The Morgan fingerprint density at radius 2 is 1.81 bits per heavy atom. The highest BCUT2D eigenvalue weighted by Gasteiger charge is 2.38. The van der Waals surface area contributed by atoms with Gasteiger partial charge in [-0.05, 0) is 42.5 Å². The highest BCUT2D eigenvalue weighted by Crippen LogP contribution is 2.30. The molecular weight excluding hydrogens is 468 g/mol. The van der Waals surface area contributed by atoms with Crippen LogP contribution in [-0.2, 0) is 14.8 Å². The molecule has 1 atom stereocenters. The molecule has 0 saturated carbocycles. The van der Waals surface area contributed by atoms with Gasteiger partial charge in [-0.1, -0.05) is 54.4 Å². The van der Waals surface area contributed by atoms with Crippen molar-refractivity contribution in [3.8, 4) is 0 Å². The molecule has 166 valence electrons. The number of anilines is 1. The third-order valence-corrected chi connectivity index (χ3v) is 8.85. The third kappa shape index (κ3) is 4.63. The molecule has 6 nitrogen and oxygen atoms in total. The molecule has 2 heterocycles. The Hall–Kier alpha value is -2.52. The summed E-state index contributed by atoms with van der Waals surface area (Å²) >= 11 is 7.25. The second-order valence-electron chi connectivity index (χ2n) is 7.43. The van der Waals surface area contributed by atoms with E-state index in [-0.39, 0.29) is 22.1 Å². The molecule has 1 N–H and O–H groups in total. The average molecular weight is 489 g/mol. The summed E-state index contributed by atoms with van der Waals surface area (Å²) in [6.07, 6.45) is 1.84. The van der Waals surface area contributed by atoms with Crippen LogP contribution in [0.25, 0.3) is 0 Å². The van der Waals surface area contributed by atoms with Gasteiger partial charge >= 0.3 is 0 Å². The van der Waals surface area contributed by atoms with Gasteiger partial charge in [0.05, 0.1) is 5.69 Å². The summed E-state index contributed by atoms with van der Waals surface area (Å²) in [5, 5.41) is 4.84. The molecule has 1 fully saturated rings. The lowest BCUT2D eigenvalue weighted by molar-refractivity contribution is -0.120. The van der Waals surface area contributed by atoms with Crippen LogP contribution >= 0.6 is 22.9 Å². The fourth-order valence-corrected chi connectivity index (χ4v) is 6.70. The minimum atomic E-state index is -3.78. The number of hydrogen-bond acceptors (Lipinski definition) is 5. The van der Waals surface area contributed by atoms with Gasteiger partial charge in [0.1, 0.15) is 10.3 Å². The van der Waals surface area contributed by atoms with E-state index in [2.05, 4.69) is 5.32 Å². The van der Waals surface area contributed by atoms with Gasteiger partial charge < -0.3 is 5.32 Å². The summed E-state index contributed by atoms with van der Waals surface area (Å²) < 4.78 is 27.7. The van der Waals surface area contributed by atoms with Crippen LogP contribution < -0.4 is 5.32 Å². The van der Waals surface area contributed by atoms with Crippen LogP contribution in [0.3, 0.4) is 0 Å². The Morgan fingerprint density at radius 3 is 2.53 bits per heavy atom. The van der Waals surface area contributed by atoms with E-state index in [0.717, 1.165) is 17.8 Å². The zero-order chi connectivity index (χ0) is 22.7. The SMILES string of the molecule is O=C(c1ccccc1)c1cc(Cl)ccc1NC(=O)C1CCCCN1S(=O)(=O)c1cccs1. The molecule has 0 bridgehead atoms. The second kappa shape index (κ2) is 9.54. The van der Waals surface area contributed by atoms with Crippen molar-refractivity contribution in [1.29, 1.82) is 0 Å². The maximum Gasteiger partial charge on any atom is 0.253 e. The summed E-state index contributed by atoms with van der Waals surface area (Å²) in [5.74, 6) is -0.746. The van der Waals surface area contributed by atoms with Crippen molar-refractivity contribution in [2.24, 2.45) is 0 Å². The predicted molar refractivity (Wildman–Crippen MR) is 126 cm³/mol. The maximum atomic E-state index is 13.2. The number of benzene rings is 2. The molecule has 2 aromatic carbocycles. The van der Waals surface area contributed by atoms with E-state index in [1.807, 2.05) is 6.07 Å². The van der Waals surface area contributed by atoms with Crippen molar-refractivity contribution < 1.29 is 18.0 Å². The van der Waals surface area contributed by atoms with E-state index in [4.69, 9.17) is 11.6 Å². The molecule has 0 aliphatic carbocycles. The van der Waals surface area contributed by atoms with E-state index < -0.39 is 22.0 Å². The number of hydrogen-bond donors (Lipinski definition) is 1. The summed E-state index contributed by atoms with van der Waals surface area (Å²) in [5.41, 5.74) is 1.01. The van der Waals surface area contributed by atoms with Gasteiger partial charge in [0.2, 0.25) is 5.91 Å². The highest BCUT2D eigenvalue weighted by molar-refractivity contribution is 7.91. The Kier molecular flexibility index (Phi) is 6.76. The zero-order valence-electron chi connectivity index (χ0n) is 17.0. The molecule has 0 spiro atoms. The third-order valence-electron chi connectivity index (χ3n) is 5.33. The minimum Gasteiger partial charge on any atom is -0.324 e. The summed E-state index contributed by atoms with van der Waals surface area (Å²) in [6, 6.07) is 15.7. The number of nitrogens with one attached hydrogen (secondary N) is 1. The van der Waals surface area contributed by atoms with Crippen molar-refractivity contribution in [3.05, 3.63) is 82.2 Å². The van der Waals surface area contributed by atoms with E-state index in [1.165, 1.54) is 10.4 Å². The van der Waals surface area contributed by atoms with E-state index in [9.17, 15) is 18.0 Å². The molecule has 1 aliphatic heterocycles. The molecule has 1 aromatic heterocycles. The number of piperidine rings is 1. The number of ketones is 1. The summed E-state index contributed by atoms with van der Waals surface area (Å²) in [4.78, 5) is 26.3.